The lowest BCUT2D eigenvalue weighted by atomic mass is 10.2. The Balaban J connectivity index is 2.83. The fourth-order valence-corrected chi connectivity index (χ4v) is 3.08. The van der Waals surface area contributed by atoms with Crippen molar-refractivity contribution in [1.29, 1.82) is 0 Å². The number of nitrogens with one attached hydrogen (secondary N) is 1. The summed E-state index contributed by atoms with van der Waals surface area (Å²) < 4.78 is 32.7. The number of aryl methyl sites for hydroxylation is 1. The molecule has 0 heterocycles. The van der Waals surface area contributed by atoms with Crippen LogP contribution in [0.3, 0.4) is 0 Å². The van der Waals surface area contributed by atoms with E-state index in [4.69, 9.17) is 4.74 Å². The van der Waals surface area contributed by atoms with Crippen molar-refractivity contribution in [2.45, 2.75) is 31.2 Å². The first kappa shape index (κ1) is 15.6. The molecule has 0 fully saturated rings. The lowest BCUT2D eigenvalue weighted by molar-refractivity contribution is 0.188. The Kier molecular flexibility index (Phi) is 5.78. The zero-order chi connectivity index (χ0) is 13.8. The number of hydrogen-bond acceptors (Lipinski definition) is 3. The molecule has 0 radical (unpaired) electrons. The monoisotopic (exact) mass is 335 g/mol. The maximum atomic E-state index is 12.1. The molecule has 1 atom stereocenters. The first-order valence-electron chi connectivity index (χ1n) is 5.64. The average Bonchev–Trinajstić information content (AvgIpc) is 2.29. The molecule has 1 rings (SSSR count). The van der Waals surface area contributed by atoms with Crippen LogP contribution in [0.5, 0.6) is 0 Å². The van der Waals surface area contributed by atoms with Gasteiger partial charge in [0.15, 0.2) is 0 Å². The van der Waals surface area contributed by atoms with Gasteiger partial charge in [-0.15, -0.1) is 0 Å². The van der Waals surface area contributed by atoms with Gasteiger partial charge >= 0.3 is 0 Å². The molecule has 0 spiro atoms. The molecule has 0 aliphatic carbocycles. The second-order valence-electron chi connectivity index (χ2n) is 4.21. The molecular weight excluding hydrogens is 318 g/mol. The van der Waals surface area contributed by atoms with Gasteiger partial charge < -0.3 is 4.74 Å². The van der Waals surface area contributed by atoms with Gasteiger partial charge in [0, 0.05) is 24.2 Å². The summed E-state index contributed by atoms with van der Waals surface area (Å²) in [5.74, 6) is 0. The van der Waals surface area contributed by atoms with Gasteiger partial charge in [-0.05, 0) is 44.0 Å². The van der Waals surface area contributed by atoms with Gasteiger partial charge in [0.25, 0.3) is 0 Å². The maximum absolute atomic E-state index is 12.1. The highest BCUT2D eigenvalue weighted by molar-refractivity contribution is 9.10. The van der Waals surface area contributed by atoms with Crippen LogP contribution < -0.4 is 4.72 Å². The van der Waals surface area contributed by atoms with Crippen LogP contribution >= 0.6 is 15.9 Å². The minimum Gasteiger partial charge on any atom is -0.385 e. The highest BCUT2D eigenvalue weighted by Crippen LogP contribution is 2.20. The smallest absolute Gasteiger partial charge is 0.240 e. The summed E-state index contributed by atoms with van der Waals surface area (Å²) in [7, 11) is -1.86. The number of sulfonamides is 1. The van der Waals surface area contributed by atoms with Crippen LogP contribution in [0.15, 0.2) is 27.6 Å². The van der Waals surface area contributed by atoms with Crippen molar-refractivity contribution < 1.29 is 13.2 Å². The molecule has 6 heteroatoms. The van der Waals surface area contributed by atoms with Crippen molar-refractivity contribution in [3.8, 4) is 0 Å². The van der Waals surface area contributed by atoms with Crippen LogP contribution in [-0.2, 0) is 14.8 Å². The molecule has 4 nitrogen and oxygen atoms in total. The minimum atomic E-state index is -3.46. The number of hydrogen-bond donors (Lipinski definition) is 1. The van der Waals surface area contributed by atoms with Gasteiger partial charge in [-0.3, -0.25) is 0 Å². The third-order valence-electron chi connectivity index (χ3n) is 2.55. The fraction of sp³-hybridized carbons (Fsp3) is 0.500. The summed E-state index contributed by atoms with van der Waals surface area (Å²) in [6.07, 6.45) is 0.644. The molecule has 1 unspecified atom stereocenters. The first-order chi connectivity index (χ1) is 8.36. The normalized spacial score (nSPS) is 13.6. The number of rotatable bonds is 6. The summed E-state index contributed by atoms with van der Waals surface area (Å²) in [4.78, 5) is 0.285. The Labute approximate surface area is 117 Å². The van der Waals surface area contributed by atoms with Crippen LogP contribution in [0.25, 0.3) is 0 Å². The van der Waals surface area contributed by atoms with Crippen LogP contribution in [0.2, 0.25) is 0 Å². The summed E-state index contributed by atoms with van der Waals surface area (Å²) in [6, 6.07) is 4.82. The highest BCUT2D eigenvalue weighted by Gasteiger charge is 2.17. The van der Waals surface area contributed by atoms with E-state index in [9.17, 15) is 8.42 Å². The van der Waals surface area contributed by atoms with Crippen molar-refractivity contribution >= 4 is 26.0 Å². The van der Waals surface area contributed by atoms with E-state index < -0.39 is 10.0 Å². The van der Waals surface area contributed by atoms with Gasteiger partial charge in [0.2, 0.25) is 10.0 Å². The van der Waals surface area contributed by atoms with Crippen molar-refractivity contribution in [1.82, 2.24) is 4.72 Å². The molecule has 0 amide bonds. The zero-order valence-electron chi connectivity index (χ0n) is 10.7. The third kappa shape index (κ3) is 4.35. The van der Waals surface area contributed by atoms with Crippen molar-refractivity contribution in [2.24, 2.45) is 0 Å². The molecule has 1 aromatic rings. The molecular formula is C12H18BrNO3S. The van der Waals surface area contributed by atoms with Gasteiger partial charge in [0.1, 0.15) is 0 Å². The predicted octanol–water partition coefficient (Wildman–Crippen LogP) is 2.46. The second-order valence-corrected chi connectivity index (χ2v) is 6.78. The standard InChI is InChI=1S/C12H18BrNO3S/c1-9-8-11(4-5-12(9)13)18(15,16)14-10(2)6-7-17-3/h4-5,8,10,14H,6-7H2,1-3H3. The van der Waals surface area contributed by atoms with Crippen LogP contribution in [-0.4, -0.2) is 28.2 Å². The van der Waals surface area contributed by atoms with Crippen molar-refractivity contribution in [3.63, 3.8) is 0 Å². The van der Waals surface area contributed by atoms with Gasteiger partial charge in [0.05, 0.1) is 4.90 Å². The lowest BCUT2D eigenvalue weighted by Crippen LogP contribution is -2.33. The number of ether oxygens (including phenoxy) is 1. The molecule has 0 bridgehead atoms. The zero-order valence-corrected chi connectivity index (χ0v) is 13.1. The molecule has 0 saturated heterocycles. The molecule has 102 valence electrons. The van der Waals surface area contributed by atoms with Crippen LogP contribution in [0, 0.1) is 6.92 Å². The van der Waals surface area contributed by atoms with E-state index >= 15 is 0 Å². The fourth-order valence-electron chi connectivity index (χ4n) is 1.47. The van der Waals surface area contributed by atoms with Crippen LogP contribution in [0.1, 0.15) is 18.9 Å². The summed E-state index contributed by atoms with van der Waals surface area (Å²) >= 11 is 3.35. The third-order valence-corrected chi connectivity index (χ3v) is 5.03. The molecule has 0 aliphatic heterocycles. The maximum Gasteiger partial charge on any atom is 0.240 e. The van der Waals surface area contributed by atoms with E-state index in [0.29, 0.717) is 13.0 Å². The predicted molar refractivity (Wildman–Crippen MR) is 75.2 cm³/mol. The molecule has 0 saturated carbocycles. The lowest BCUT2D eigenvalue weighted by Gasteiger charge is -2.14. The Hall–Kier alpha value is -0.430. The number of benzene rings is 1. The van der Waals surface area contributed by atoms with Gasteiger partial charge in [-0.2, -0.15) is 0 Å². The van der Waals surface area contributed by atoms with Crippen molar-refractivity contribution in [3.05, 3.63) is 28.2 Å². The van der Waals surface area contributed by atoms with E-state index in [1.165, 1.54) is 0 Å². The molecule has 0 aromatic heterocycles. The molecule has 0 aliphatic rings. The Morgan fingerprint density at radius 1 is 1.44 bits per heavy atom. The SMILES string of the molecule is COCCC(C)NS(=O)(=O)c1ccc(Br)c(C)c1. The van der Waals surface area contributed by atoms with E-state index in [1.807, 2.05) is 13.8 Å². The average molecular weight is 336 g/mol. The molecule has 1 aromatic carbocycles. The quantitative estimate of drug-likeness (QED) is 0.868. The van der Waals surface area contributed by atoms with E-state index in [2.05, 4.69) is 20.7 Å². The van der Waals surface area contributed by atoms with Gasteiger partial charge in [-0.1, -0.05) is 15.9 Å². The number of halogens is 1. The largest absolute Gasteiger partial charge is 0.385 e. The topological polar surface area (TPSA) is 55.4 Å². The first-order valence-corrected chi connectivity index (χ1v) is 7.92. The van der Waals surface area contributed by atoms with E-state index in [0.717, 1.165) is 10.0 Å². The Morgan fingerprint density at radius 3 is 2.67 bits per heavy atom. The van der Waals surface area contributed by atoms with E-state index in [-0.39, 0.29) is 10.9 Å². The highest BCUT2D eigenvalue weighted by atomic mass is 79.9. The molecule has 1 N–H and O–H groups in total. The minimum absolute atomic E-state index is 0.154. The van der Waals surface area contributed by atoms with Gasteiger partial charge in [-0.25, -0.2) is 13.1 Å². The number of methoxy groups -OCH3 is 1. The van der Waals surface area contributed by atoms with Crippen molar-refractivity contribution in [2.75, 3.05) is 13.7 Å². The Bertz CT molecular complexity index is 502. The summed E-state index contributed by atoms with van der Waals surface area (Å²) in [5.41, 5.74) is 0.891. The van der Waals surface area contributed by atoms with E-state index in [1.54, 1.807) is 25.3 Å². The summed E-state index contributed by atoms with van der Waals surface area (Å²) in [6.45, 7) is 4.21. The Morgan fingerprint density at radius 2 is 2.11 bits per heavy atom. The molecule has 18 heavy (non-hydrogen) atoms. The summed E-state index contributed by atoms with van der Waals surface area (Å²) in [5, 5.41) is 0. The second kappa shape index (κ2) is 6.65. The van der Waals surface area contributed by atoms with Crippen LogP contribution in [0.4, 0.5) is 0 Å².